The molecule has 0 aromatic heterocycles. The van der Waals surface area contributed by atoms with Crippen LogP contribution in [0.4, 0.5) is 8.78 Å². The first-order chi connectivity index (χ1) is 9.87. The highest BCUT2D eigenvalue weighted by Crippen LogP contribution is 2.29. The molecule has 8 heteroatoms. The van der Waals surface area contributed by atoms with Gasteiger partial charge in [0.05, 0.1) is 0 Å². The van der Waals surface area contributed by atoms with Gasteiger partial charge in [-0.2, -0.15) is 11.8 Å². The molecule has 2 atom stereocenters. The number of benzene rings is 1. The van der Waals surface area contributed by atoms with Crippen LogP contribution in [0, 0.1) is 11.6 Å². The number of nitrogens with one attached hydrogen (secondary N) is 1. The lowest BCUT2D eigenvalue weighted by Crippen LogP contribution is -2.34. The first kappa shape index (κ1) is 16.7. The van der Waals surface area contributed by atoms with Crippen molar-refractivity contribution in [1.82, 2.24) is 4.72 Å². The van der Waals surface area contributed by atoms with Crippen molar-refractivity contribution in [3.63, 3.8) is 0 Å². The Labute approximate surface area is 127 Å². The lowest BCUT2D eigenvalue weighted by atomic mass is 10.2. The Morgan fingerprint density at radius 3 is 2.67 bits per heavy atom. The molecule has 0 amide bonds. The van der Waals surface area contributed by atoms with E-state index in [-0.39, 0.29) is 18.2 Å². The molecule has 1 aromatic rings. The summed E-state index contributed by atoms with van der Waals surface area (Å²) in [5.74, 6) is -2.56. The SMILES string of the molecule is CSC1CCC(NS(=O)(=O)c2cc(CN)cc(F)c2F)C1. The Bertz CT molecular complexity index is 623. The maximum absolute atomic E-state index is 13.8. The van der Waals surface area contributed by atoms with E-state index in [4.69, 9.17) is 5.73 Å². The molecule has 2 rings (SSSR count). The molecular weight excluding hydrogens is 318 g/mol. The van der Waals surface area contributed by atoms with Crippen LogP contribution < -0.4 is 10.5 Å². The van der Waals surface area contributed by atoms with Gasteiger partial charge in [0.1, 0.15) is 4.90 Å². The Hall–Kier alpha value is -0.700. The summed E-state index contributed by atoms with van der Waals surface area (Å²) < 4.78 is 54.2. The van der Waals surface area contributed by atoms with Crippen LogP contribution in [0.3, 0.4) is 0 Å². The highest BCUT2D eigenvalue weighted by atomic mass is 32.2. The molecule has 1 aromatic carbocycles. The molecule has 0 bridgehead atoms. The summed E-state index contributed by atoms with van der Waals surface area (Å²) in [6.07, 6.45) is 4.28. The van der Waals surface area contributed by atoms with Gasteiger partial charge >= 0.3 is 0 Å². The van der Waals surface area contributed by atoms with Gasteiger partial charge in [0.15, 0.2) is 11.6 Å². The minimum absolute atomic E-state index is 0.0578. The average Bonchev–Trinajstić information content (AvgIpc) is 2.88. The van der Waals surface area contributed by atoms with Gasteiger partial charge in [-0.25, -0.2) is 21.9 Å². The van der Waals surface area contributed by atoms with E-state index in [2.05, 4.69) is 4.72 Å². The molecule has 21 heavy (non-hydrogen) atoms. The summed E-state index contributed by atoms with van der Waals surface area (Å²) in [7, 11) is -4.09. The third-order valence-corrected chi connectivity index (χ3v) is 6.23. The maximum atomic E-state index is 13.8. The van der Waals surface area contributed by atoms with Gasteiger partial charge in [-0.05, 0) is 43.2 Å². The van der Waals surface area contributed by atoms with E-state index < -0.39 is 26.6 Å². The van der Waals surface area contributed by atoms with Crippen LogP contribution in [0.5, 0.6) is 0 Å². The third-order valence-electron chi connectivity index (χ3n) is 3.62. The third kappa shape index (κ3) is 3.74. The largest absolute Gasteiger partial charge is 0.326 e. The monoisotopic (exact) mass is 336 g/mol. The van der Waals surface area contributed by atoms with E-state index in [1.807, 2.05) is 6.26 Å². The molecule has 0 saturated heterocycles. The molecule has 1 aliphatic rings. The van der Waals surface area contributed by atoms with Crippen molar-refractivity contribution in [1.29, 1.82) is 0 Å². The number of hydrogen-bond donors (Lipinski definition) is 2. The van der Waals surface area contributed by atoms with Gasteiger partial charge in [0, 0.05) is 17.8 Å². The van der Waals surface area contributed by atoms with Crippen LogP contribution in [0.25, 0.3) is 0 Å². The summed E-state index contributed by atoms with van der Waals surface area (Å²) in [5.41, 5.74) is 5.61. The second kappa shape index (κ2) is 6.60. The van der Waals surface area contributed by atoms with Gasteiger partial charge in [-0.3, -0.25) is 0 Å². The predicted molar refractivity (Wildman–Crippen MR) is 79.5 cm³/mol. The standard InChI is InChI=1S/C13H18F2N2O2S2/c1-20-10-3-2-9(6-10)17-21(18,19)12-5-8(7-16)4-11(14)13(12)15/h4-5,9-10,17H,2-3,6-7,16H2,1H3. The van der Waals surface area contributed by atoms with Crippen molar-refractivity contribution in [2.45, 2.75) is 42.0 Å². The molecular formula is C13H18F2N2O2S2. The minimum atomic E-state index is -4.09. The Balaban J connectivity index is 2.26. The van der Waals surface area contributed by atoms with Crippen molar-refractivity contribution in [3.8, 4) is 0 Å². The molecule has 1 saturated carbocycles. The number of hydrogen-bond acceptors (Lipinski definition) is 4. The molecule has 118 valence electrons. The van der Waals surface area contributed by atoms with Crippen molar-refractivity contribution in [2.75, 3.05) is 6.26 Å². The van der Waals surface area contributed by atoms with Crippen molar-refractivity contribution >= 4 is 21.8 Å². The zero-order valence-corrected chi connectivity index (χ0v) is 13.2. The first-order valence-electron chi connectivity index (χ1n) is 6.60. The topological polar surface area (TPSA) is 72.2 Å². The zero-order valence-electron chi connectivity index (χ0n) is 11.6. The average molecular weight is 336 g/mol. The lowest BCUT2D eigenvalue weighted by molar-refractivity contribution is 0.479. The molecule has 0 spiro atoms. The Kier molecular flexibility index (Phi) is 5.24. The van der Waals surface area contributed by atoms with Gasteiger partial charge < -0.3 is 5.73 Å². The fourth-order valence-corrected chi connectivity index (χ4v) is 4.69. The molecule has 4 nitrogen and oxygen atoms in total. The summed E-state index contributed by atoms with van der Waals surface area (Å²) in [6, 6.07) is 1.76. The van der Waals surface area contributed by atoms with Crippen LogP contribution in [-0.2, 0) is 16.6 Å². The number of thioether (sulfide) groups is 1. The Morgan fingerprint density at radius 1 is 1.38 bits per heavy atom. The van der Waals surface area contributed by atoms with Crippen molar-refractivity contribution < 1.29 is 17.2 Å². The summed E-state index contributed by atoms with van der Waals surface area (Å²) in [5, 5.41) is 0.398. The smallest absolute Gasteiger partial charge is 0.243 e. The molecule has 2 unspecified atom stereocenters. The molecule has 1 fully saturated rings. The normalized spacial score (nSPS) is 22.7. The first-order valence-corrected chi connectivity index (χ1v) is 9.37. The molecule has 0 radical (unpaired) electrons. The number of sulfonamides is 1. The number of halogens is 2. The fourth-order valence-electron chi connectivity index (χ4n) is 2.47. The van der Waals surface area contributed by atoms with Gasteiger partial charge in [0.25, 0.3) is 0 Å². The Morgan fingerprint density at radius 2 is 2.10 bits per heavy atom. The van der Waals surface area contributed by atoms with Crippen molar-refractivity contribution in [3.05, 3.63) is 29.3 Å². The molecule has 0 aliphatic heterocycles. The molecule has 0 heterocycles. The highest BCUT2D eigenvalue weighted by Gasteiger charge is 2.30. The summed E-state index contributed by atoms with van der Waals surface area (Å²) >= 11 is 1.68. The number of rotatable bonds is 5. The molecule has 1 aliphatic carbocycles. The fraction of sp³-hybridized carbons (Fsp3) is 0.538. The van der Waals surface area contributed by atoms with Gasteiger partial charge in [-0.1, -0.05) is 0 Å². The maximum Gasteiger partial charge on any atom is 0.243 e. The van der Waals surface area contributed by atoms with Crippen molar-refractivity contribution in [2.24, 2.45) is 5.73 Å². The van der Waals surface area contributed by atoms with Gasteiger partial charge in [0.2, 0.25) is 10.0 Å². The van der Waals surface area contributed by atoms with E-state index in [0.29, 0.717) is 18.1 Å². The lowest BCUT2D eigenvalue weighted by Gasteiger charge is -2.14. The van der Waals surface area contributed by atoms with Crippen LogP contribution >= 0.6 is 11.8 Å². The second-order valence-corrected chi connectivity index (χ2v) is 7.90. The summed E-state index contributed by atoms with van der Waals surface area (Å²) in [6.45, 7) is -0.0578. The van der Waals surface area contributed by atoms with Crippen LogP contribution in [0.1, 0.15) is 24.8 Å². The highest BCUT2D eigenvalue weighted by molar-refractivity contribution is 7.99. The van der Waals surface area contributed by atoms with Crippen LogP contribution in [-0.4, -0.2) is 26.0 Å². The van der Waals surface area contributed by atoms with E-state index >= 15 is 0 Å². The van der Waals surface area contributed by atoms with E-state index in [1.54, 1.807) is 11.8 Å². The van der Waals surface area contributed by atoms with Crippen LogP contribution in [0.2, 0.25) is 0 Å². The van der Waals surface area contributed by atoms with E-state index in [1.165, 1.54) is 0 Å². The minimum Gasteiger partial charge on any atom is -0.326 e. The van der Waals surface area contributed by atoms with E-state index in [9.17, 15) is 17.2 Å². The summed E-state index contributed by atoms with van der Waals surface area (Å²) in [4.78, 5) is -0.671. The number of nitrogens with two attached hydrogens (primary N) is 1. The van der Waals surface area contributed by atoms with Crippen LogP contribution in [0.15, 0.2) is 17.0 Å². The van der Waals surface area contributed by atoms with Gasteiger partial charge in [-0.15, -0.1) is 0 Å². The quantitative estimate of drug-likeness (QED) is 0.862. The zero-order chi connectivity index (χ0) is 15.6. The molecule has 3 N–H and O–H groups in total. The van der Waals surface area contributed by atoms with E-state index in [0.717, 1.165) is 18.6 Å². The predicted octanol–water partition coefficient (Wildman–Crippen LogP) is 1.99. The second-order valence-electron chi connectivity index (χ2n) is 5.08.